The molecule has 0 saturated heterocycles. The summed E-state index contributed by atoms with van der Waals surface area (Å²) < 4.78 is 0. The van der Waals surface area contributed by atoms with Gasteiger partial charge >= 0.3 is 0 Å². The fourth-order valence-corrected chi connectivity index (χ4v) is 2.02. The van der Waals surface area contributed by atoms with Gasteiger partial charge in [-0.2, -0.15) is 0 Å². The molecule has 1 amide bonds. The summed E-state index contributed by atoms with van der Waals surface area (Å²) in [5.41, 5.74) is 0.783. The normalized spacial score (nSPS) is 16.6. The van der Waals surface area contributed by atoms with Crippen LogP contribution in [0.4, 0.5) is 0 Å². The number of carbonyl (C=O) groups is 1. The molecule has 1 N–H and O–H groups in total. The smallest absolute Gasteiger partial charge is 0.252 e. The lowest BCUT2D eigenvalue weighted by Crippen LogP contribution is -2.30. The van der Waals surface area contributed by atoms with E-state index in [0.717, 1.165) is 13.0 Å². The van der Waals surface area contributed by atoms with Gasteiger partial charge in [0.15, 0.2) is 0 Å². The van der Waals surface area contributed by atoms with Crippen molar-refractivity contribution in [3.05, 3.63) is 28.0 Å². The zero-order chi connectivity index (χ0) is 12.5. The Morgan fingerprint density at radius 3 is 2.76 bits per heavy atom. The summed E-state index contributed by atoms with van der Waals surface area (Å²) in [6.45, 7) is 2.88. The second kappa shape index (κ2) is 4.83. The molecule has 1 aromatic rings. The Hall–Kier alpha value is -0.800. The minimum Gasteiger partial charge on any atom is -0.351 e. The molecule has 1 fully saturated rings. The van der Waals surface area contributed by atoms with E-state index >= 15 is 0 Å². The quantitative estimate of drug-likeness (QED) is 0.855. The van der Waals surface area contributed by atoms with Crippen molar-refractivity contribution >= 4 is 29.1 Å². The fourth-order valence-electron chi connectivity index (χ4n) is 1.75. The zero-order valence-corrected chi connectivity index (χ0v) is 11.1. The van der Waals surface area contributed by atoms with Crippen LogP contribution in [0.25, 0.3) is 0 Å². The summed E-state index contributed by atoms with van der Waals surface area (Å²) in [5.74, 6) is -0.143. The maximum Gasteiger partial charge on any atom is 0.252 e. The van der Waals surface area contributed by atoms with Gasteiger partial charge in [-0.15, -0.1) is 0 Å². The van der Waals surface area contributed by atoms with Gasteiger partial charge in [0.25, 0.3) is 5.91 Å². The molecule has 0 aliphatic heterocycles. The van der Waals surface area contributed by atoms with E-state index in [-0.39, 0.29) is 11.1 Å². The molecule has 0 unspecified atom stereocenters. The van der Waals surface area contributed by atoms with Crippen LogP contribution in [0.1, 0.15) is 36.5 Å². The second-order valence-corrected chi connectivity index (χ2v) is 5.30. The lowest BCUT2D eigenvalue weighted by Gasteiger charge is -2.13. The van der Waals surface area contributed by atoms with Gasteiger partial charge in [-0.3, -0.25) is 4.79 Å². The number of hydrogen-bond donors (Lipinski definition) is 1. The highest BCUT2D eigenvalue weighted by Crippen LogP contribution is 2.47. The summed E-state index contributed by atoms with van der Waals surface area (Å²) >= 11 is 11.5. The van der Waals surface area contributed by atoms with E-state index in [9.17, 15) is 4.79 Å². The molecule has 0 atom stereocenters. The third-order valence-corrected chi connectivity index (χ3v) is 4.08. The third kappa shape index (κ3) is 2.90. The lowest BCUT2D eigenvalue weighted by molar-refractivity contribution is 0.0944. The molecule has 0 radical (unpaired) electrons. The minimum absolute atomic E-state index is 0.143. The minimum atomic E-state index is -0.143. The van der Waals surface area contributed by atoms with Crippen LogP contribution in [0.15, 0.2) is 12.3 Å². The number of rotatable bonds is 4. The summed E-state index contributed by atoms with van der Waals surface area (Å²) in [6.07, 6.45) is 4.94. The monoisotopic (exact) mass is 272 g/mol. The zero-order valence-electron chi connectivity index (χ0n) is 9.59. The number of nitrogens with zero attached hydrogens (tertiary/aromatic N) is 1. The maximum absolute atomic E-state index is 11.8. The van der Waals surface area contributed by atoms with E-state index in [1.54, 1.807) is 0 Å². The van der Waals surface area contributed by atoms with Crippen LogP contribution in [0, 0.1) is 5.41 Å². The molecule has 17 heavy (non-hydrogen) atoms. The molecule has 1 aliphatic carbocycles. The Kier molecular flexibility index (Phi) is 3.59. The van der Waals surface area contributed by atoms with Gasteiger partial charge in [0, 0.05) is 12.7 Å². The van der Waals surface area contributed by atoms with Gasteiger partial charge in [-0.1, -0.05) is 30.1 Å². The van der Waals surface area contributed by atoms with E-state index in [2.05, 4.69) is 17.2 Å². The number of amides is 1. The lowest BCUT2D eigenvalue weighted by atomic mass is 10.0. The summed E-state index contributed by atoms with van der Waals surface area (Å²) in [7, 11) is 0. The molecule has 0 spiro atoms. The van der Waals surface area contributed by atoms with Gasteiger partial charge < -0.3 is 5.32 Å². The van der Waals surface area contributed by atoms with Crippen LogP contribution in [0.5, 0.6) is 0 Å². The second-order valence-electron chi connectivity index (χ2n) is 4.53. The molecular weight excluding hydrogens is 259 g/mol. The molecule has 5 heteroatoms. The van der Waals surface area contributed by atoms with Gasteiger partial charge in [0.1, 0.15) is 5.15 Å². The summed E-state index contributed by atoms with van der Waals surface area (Å²) in [6, 6.07) is 1.54. The van der Waals surface area contributed by atoms with Crippen molar-refractivity contribution < 1.29 is 4.79 Å². The number of nitrogens with one attached hydrogen (secondary N) is 1. The fraction of sp³-hybridized carbons (Fsp3) is 0.500. The maximum atomic E-state index is 11.8. The van der Waals surface area contributed by atoms with Crippen LogP contribution in [0.2, 0.25) is 10.2 Å². The van der Waals surface area contributed by atoms with Crippen molar-refractivity contribution in [3.8, 4) is 0 Å². The van der Waals surface area contributed by atoms with Crippen molar-refractivity contribution in [3.63, 3.8) is 0 Å². The predicted molar refractivity (Wildman–Crippen MR) is 68.5 cm³/mol. The van der Waals surface area contributed by atoms with Crippen molar-refractivity contribution in [1.82, 2.24) is 10.3 Å². The Morgan fingerprint density at radius 1 is 1.53 bits per heavy atom. The Bertz CT molecular complexity index is 444. The molecular formula is C12H14Cl2N2O. The SMILES string of the molecule is CCC1(CNC(=O)c2cnc(Cl)c(Cl)c2)CC1. The van der Waals surface area contributed by atoms with E-state index in [4.69, 9.17) is 23.2 Å². The van der Waals surface area contributed by atoms with E-state index in [1.807, 2.05) is 0 Å². The first-order valence-electron chi connectivity index (χ1n) is 5.65. The number of pyridine rings is 1. The van der Waals surface area contributed by atoms with Crippen LogP contribution < -0.4 is 5.32 Å². The average molecular weight is 273 g/mol. The molecule has 0 aromatic carbocycles. The molecule has 1 aromatic heterocycles. The van der Waals surface area contributed by atoms with Crippen LogP contribution in [-0.4, -0.2) is 17.4 Å². The van der Waals surface area contributed by atoms with Gasteiger partial charge in [0.2, 0.25) is 0 Å². The number of hydrogen-bond acceptors (Lipinski definition) is 2. The Morgan fingerprint density at radius 2 is 2.24 bits per heavy atom. The van der Waals surface area contributed by atoms with Crippen LogP contribution in [-0.2, 0) is 0 Å². The van der Waals surface area contributed by atoms with E-state index in [1.165, 1.54) is 25.1 Å². The molecule has 1 saturated carbocycles. The predicted octanol–water partition coefficient (Wildman–Crippen LogP) is 3.31. The largest absolute Gasteiger partial charge is 0.351 e. The van der Waals surface area contributed by atoms with Gasteiger partial charge in [0.05, 0.1) is 10.6 Å². The topological polar surface area (TPSA) is 42.0 Å². The first kappa shape index (κ1) is 12.7. The highest BCUT2D eigenvalue weighted by atomic mass is 35.5. The molecule has 2 rings (SSSR count). The molecule has 1 heterocycles. The van der Waals surface area contributed by atoms with Crippen molar-refractivity contribution in [2.45, 2.75) is 26.2 Å². The highest BCUT2D eigenvalue weighted by molar-refractivity contribution is 6.41. The molecule has 0 bridgehead atoms. The number of aromatic nitrogens is 1. The summed E-state index contributed by atoms with van der Waals surface area (Å²) in [5, 5.41) is 3.44. The molecule has 1 aliphatic rings. The van der Waals surface area contributed by atoms with Crippen molar-refractivity contribution in [2.24, 2.45) is 5.41 Å². The van der Waals surface area contributed by atoms with Crippen LogP contribution >= 0.6 is 23.2 Å². The highest BCUT2D eigenvalue weighted by Gasteiger charge is 2.40. The van der Waals surface area contributed by atoms with Gasteiger partial charge in [-0.25, -0.2) is 4.98 Å². The third-order valence-electron chi connectivity index (χ3n) is 3.39. The Labute approximate surface area is 111 Å². The number of carbonyl (C=O) groups excluding carboxylic acids is 1. The standard InChI is InChI=1S/C12H14Cl2N2O/c1-2-12(3-4-12)7-16-11(17)8-5-9(13)10(14)15-6-8/h5-6H,2-4,7H2,1H3,(H,16,17). The van der Waals surface area contributed by atoms with E-state index < -0.39 is 0 Å². The number of halogens is 2. The first-order valence-corrected chi connectivity index (χ1v) is 6.41. The summed E-state index contributed by atoms with van der Waals surface area (Å²) in [4.78, 5) is 15.7. The Balaban J connectivity index is 1.97. The average Bonchev–Trinajstić information content (AvgIpc) is 3.10. The first-order chi connectivity index (χ1) is 8.06. The molecule has 92 valence electrons. The molecule has 3 nitrogen and oxygen atoms in total. The van der Waals surface area contributed by atoms with E-state index in [0.29, 0.717) is 16.0 Å². The van der Waals surface area contributed by atoms with Gasteiger partial charge in [-0.05, 0) is 30.7 Å². The van der Waals surface area contributed by atoms with Crippen molar-refractivity contribution in [2.75, 3.05) is 6.54 Å². The van der Waals surface area contributed by atoms with Crippen molar-refractivity contribution in [1.29, 1.82) is 0 Å². The van der Waals surface area contributed by atoms with Crippen LogP contribution in [0.3, 0.4) is 0 Å².